The molecular formula is C15H15IN2O. The number of benzene rings is 1. The van der Waals surface area contributed by atoms with Crippen LogP contribution in [-0.2, 0) is 5.41 Å². The van der Waals surface area contributed by atoms with Gasteiger partial charge in [0.25, 0.3) is 5.56 Å². The summed E-state index contributed by atoms with van der Waals surface area (Å²) >= 11 is 2.02. The van der Waals surface area contributed by atoms with Crippen LogP contribution in [0.15, 0.2) is 41.3 Å². The molecule has 0 saturated heterocycles. The van der Waals surface area contributed by atoms with Gasteiger partial charge in [-0.15, -0.1) is 0 Å². The fourth-order valence-corrected chi connectivity index (χ4v) is 3.29. The first kappa shape index (κ1) is 12.8. The Morgan fingerprint density at radius 3 is 2.47 bits per heavy atom. The summed E-state index contributed by atoms with van der Waals surface area (Å²) in [6.07, 6.45) is 6.16. The lowest BCUT2D eigenvalue weighted by atomic mass is 9.78. The van der Waals surface area contributed by atoms with Crippen molar-refractivity contribution in [1.82, 2.24) is 9.97 Å². The summed E-state index contributed by atoms with van der Waals surface area (Å²) in [4.78, 5) is 19.4. The minimum absolute atomic E-state index is 0.0344. The van der Waals surface area contributed by atoms with Gasteiger partial charge >= 0.3 is 0 Å². The summed E-state index contributed by atoms with van der Waals surface area (Å²) in [5.41, 5.74) is 1.12. The zero-order valence-electron chi connectivity index (χ0n) is 10.5. The van der Waals surface area contributed by atoms with Gasteiger partial charge in [-0.1, -0.05) is 43.2 Å². The highest BCUT2D eigenvalue weighted by molar-refractivity contribution is 14.1. The number of rotatable bonds is 2. The Labute approximate surface area is 125 Å². The average molecular weight is 366 g/mol. The molecule has 98 valence electrons. The Morgan fingerprint density at radius 1 is 1.16 bits per heavy atom. The molecule has 19 heavy (non-hydrogen) atoms. The normalized spacial score (nSPS) is 17.5. The fourth-order valence-electron chi connectivity index (χ4n) is 3.02. The largest absolute Gasteiger partial charge is 0.309 e. The maximum atomic E-state index is 11.9. The third-order valence-corrected chi connectivity index (χ3v) is 4.76. The maximum absolute atomic E-state index is 11.9. The van der Waals surface area contributed by atoms with Gasteiger partial charge in [0, 0.05) is 6.20 Å². The molecule has 1 heterocycles. The Bertz CT molecular complexity index is 630. The topological polar surface area (TPSA) is 45.8 Å². The summed E-state index contributed by atoms with van der Waals surface area (Å²) in [7, 11) is 0. The molecule has 1 saturated carbocycles. The summed E-state index contributed by atoms with van der Waals surface area (Å²) < 4.78 is 0.641. The zero-order chi connectivity index (χ0) is 13.3. The van der Waals surface area contributed by atoms with Crippen molar-refractivity contribution < 1.29 is 0 Å². The molecular weight excluding hydrogens is 351 g/mol. The first-order chi connectivity index (χ1) is 9.22. The van der Waals surface area contributed by atoms with Crippen LogP contribution in [0.4, 0.5) is 0 Å². The molecule has 0 unspecified atom stereocenters. The second kappa shape index (κ2) is 5.07. The lowest BCUT2D eigenvalue weighted by Gasteiger charge is -2.28. The lowest BCUT2D eigenvalue weighted by molar-refractivity contribution is 0.496. The van der Waals surface area contributed by atoms with Gasteiger partial charge in [-0.3, -0.25) is 4.79 Å². The van der Waals surface area contributed by atoms with E-state index in [-0.39, 0.29) is 11.0 Å². The van der Waals surface area contributed by atoms with Gasteiger partial charge < -0.3 is 4.98 Å². The first-order valence-electron chi connectivity index (χ1n) is 6.53. The van der Waals surface area contributed by atoms with Crippen molar-refractivity contribution in [2.24, 2.45) is 0 Å². The highest BCUT2D eigenvalue weighted by Gasteiger charge is 2.39. The predicted octanol–water partition coefficient (Wildman–Crippen LogP) is 3.23. The molecule has 4 heteroatoms. The van der Waals surface area contributed by atoms with Crippen molar-refractivity contribution in [2.45, 2.75) is 31.1 Å². The smallest absolute Gasteiger partial charge is 0.264 e. The quantitative estimate of drug-likeness (QED) is 0.830. The summed E-state index contributed by atoms with van der Waals surface area (Å²) in [6.45, 7) is 0. The third kappa shape index (κ3) is 2.22. The second-order valence-electron chi connectivity index (χ2n) is 5.06. The van der Waals surface area contributed by atoms with Crippen LogP contribution in [0, 0.1) is 3.57 Å². The van der Waals surface area contributed by atoms with Crippen LogP contribution in [0.5, 0.6) is 0 Å². The molecule has 0 atom stereocenters. The van der Waals surface area contributed by atoms with Gasteiger partial charge in [0.15, 0.2) is 0 Å². The van der Waals surface area contributed by atoms with Gasteiger partial charge in [-0.2, -0.15) is 0 Å². The molecule has 1 aromatic carbocycles. The van der Waals surface area contributed by atoms with Gasteiger partial charge in [-0.05, 0) is 41.0 Å². The summed E-state index contributed by atoms with van der Waals surface area (Å²) in [6, 6.07) is 10.4. The van der Waals surface area contributed by atoms with Crippen molar-refractivity contribution in [3.8, 4) is 0 Å². The number of hydrogen-bond acceptors (Lipinski definition) is 2. The number of halogens is 1. The van der Waals surface area contributed by atoms with Crippen LogP contribution < -0.4 is 5.56 Å². The number of nitrogens with zero attached hydrogens (tertiary/aromatic N) is 1. The van der Waals surface area contributed by atoms with Crippen molar-refractivity contribution in [3.63, 3.8) is 0 Å². The third-order valence-electron chi connectivity index (χ3n) is 3.99. The lowest BCUT2D eigenvalue weighted by Crippen LogP contribution is -2.30. The number of aromatic amines is 1. The Morgan fingerprint density at radius 2 is 1.84 bits per heavy atom. The number of hydrogen-bond donors (Lipinski definition) is 1. The molecule has 2 aromatic rings. The molecule has 1 aromatic heterocycles. The average Bonchev–Trinajstić information content (AvgIpc) is 2.93. The molecule has 1 aliphatic carbocycles. The van der Waals surface area contributed by atoms with Gasteiger partial charge in [0.2, 0.25) is 0 Å². The minimum Gasteiger partial charge on any atom is -0.309 e. The molecule has 1 N–H and O–H groups in total. The van der Waals surface area contributed by atoms with E-state index in [4.69, 9.17) is 0 Å². The number of aromatic nitrogens is 2. The minimum atomic E-state index is -0.106. The predicted molar refractivity (Wildman–Crippen MR) is 83.3 cm³/mol. The summed E-state index contributed by atoms with van der Waals surface area (Å²) in [5.74, 6) is 0.821. The SMILES string of the molecule is O=c1[nH]c(C2(c3ccccc3)CCCC2)ncc1I. The second-order valence-corrected chi connectivity index (χ2v) is 6.23. The molecule has 0 spiro atoms. The van der Waals surface area contributed by atoms with E-state index in [1.807, 2.05) is 28.7 Å². The number of nitrogens with one attached hydrogen (secondary N) is 1. The van der Waals surface area contributed by atoms with Crippen LogP contribution in [0.1, 0.15) is 37.1 Å². The van der Waals surface area contributed by atoms with E-state index < -0.39 is 0 Å². The molecule has 3 nitrogen and oxygen atoms in total. The zero-order valence-corrected chi connectivity index (χ0v) is 12.7. The molecule has 0 aliphatic heterocycles. The van der Waals surface area contributed by atoms with E-state index in [1.165, 1.54) is 18.4 Å². The molecule has 3 rings (SSSR count). The van der Waals surface area contributed by atoms with E-state index in [9.17, 15) is 4.79 Å². The van der Waals surface area contributed by atoms with Crippen LogP contribution in [-0.4, -0.2) is 9.97 Å². The Kier molecular flexibility index (Phi) is 3.43. The van der Waals surface area contributed by atoms with E-state index in [0.29, 0.717) is 3.57 Å². The van der Waals surface area contributed by atoms with Crippen LogP contribution in [0.25, 0.3) is 0 Å². The van der Waals surface area contributed by atoms with Gasteiger partial charge in [0.05, 0.1) is 8.99 Å². The van der Waals surface area contributed by atoms with Gasteiger partial charge in [0.1, 0.15) is 5.82 Å². The standard InChI is InChI=1S/C15H15IN2O/c16-12-10-17-14(18-13(12)19)15(8-4-5-9-15)11-6-2-1-3-7-11/h1-3,6-7,10H,4-5,8-9H2,(H,17,18,19). The van der Waals surface area contributed by atoms with Gasteiger partial charge in [-0.25, -0.2) is 4.98 Å². The Balaban J connectivity index is 2.16. The van der Waals surface area contributed by atoms with Crippen molar-refractivity contribution in [3.05, 3.63) is 61.8 Å². The highest BCUT2D eigenvalue weighted by atomic mass is 127. The van der Waals surface area contributed by atoms with E-state index in [2.05, 4.69) is 34.2 Å². The van der Waals surface area contributed by atoms with Crippen molar-refractivity contribution >= 4 is 22.6 Å². The van der Waals surface area contributed by atoms with Crippen LogP contribution in [0.2, 0.25) is 0 Å². The van der Waals surface area contributed by atoms with Crippen molar-refractivity contribution in [1.29, 1.82) is 0 Å². The van der Waals surface area contributed by atoms with Crippen molar-refractivity contribution in [2.75, 3.05) is 0 Å². The first-order valence-corrected chi connectivity index (χ1v) is 7.61. The van der Waals surface area contributed by atoms with E-state index >= 15 is 0 Å². The molecule has 1 aliphatic rings. The molecule has 0 bridgehead atoms. The van der Waals surface area contributed by atoms with E-state index in [0.717, 1.165) is 18.7 Å². The monoisotopic (exact) mass is 366 g/mol. The maximum Gasteiger partial charge on any atom is 0.264 e. The fraction of sp³-hybridized carbons (Fsp3) is 0.333. The molecule has 0 radical (unpaired) electrons. The molecule has 1 fully saturated rings. The summed E-state index contributed by atoms with van der Waals surface area (Å²) in [5, 5.41) is 0. The van der Waals surface area contributed by atoms with Crippen LogP contribution >= 0.6 is 22.6 Å². The van der Waals surface area contributed by atoms with Crippen LogP contribution in [0.3, 0.4) is 0 Å². The number of H-pyrrole nitrogens is 1. The Hall–Kier alpha value is -1.17. The molecule has 0 amide bonds. The highest BCUT2D eigenvalue weighted by Crippen LogP contribution is 2.44. The van der Waals surface area contributed by atoms with E-state index in [1.54, 1.807) is 6.20 Å².